The van der Waals surface area contributed by atoms with Crippen LogP contribution in [0.25, 0.3) is 10.8 Å². The zero-order valence-corrected chi connectivity index (χ0v) is 10.6. The topological polar surface area (TPSA) is 35.5 Å². The Hall–Kier alpha value is -1.87. The van der Waals surface area contributed by atoms with E-state index in [-0.39, 0.29) is 5.97 Å². The molecule has 0 saturated heterocycles. The molecule has 2 aromatic rings. The van der Waals surface area contributed by atoms with E-state index in [0.717, 1.165) is 10.8 Å². The Morgan fingerprint density at radius 2 is 1.89 bits per heavy atom. The third kappa shape index (κ3) is 2.87. The van der Waals surface area contributed by atoms with Gasteiger partial charge in [0.2, 0.25) is 0 Å². The lowest BCUT2D eigenvalue weighted by atomic mass is 10.1. The van der Waals surface area contributed by atoms with Crippen LogP contribution in [0, 0.1) is 0 Å². The maximum Gasteiger partial charge on any atom is 0.340 e. The highest BCUT2D eigenvalue weighted by atomic mass is 16.6. The van der Waals surface area contributed by atoms with Crippen molar-refractivity contribution in [3.05, 3.63) is 42.5 Å². The van der Waals surface area contributed by atoms with Crippen LogP contribution in [-0.4, -0.2) is 18.7 Å². The molecule has 94 valence electrons. The Balaban J connectivity index is 2.14. The van der Waals surface area contributed by atoms with Crippen LogP contribution in [0.2, 0.25) is 0 Å². The van der Waals surface area contributed by atoms with Crippen LogP contribution < -0.4 is 4.74 Å². The van der Waals surface area contributed by atoms with Gasteiger partial charge in [0.05, 0.1) is 0 Å². The Morgan fingerprint density at radius 1 is 1.17 bits per heavy atom. The highest BCUT2D eigenvalue weighted by Gasteiger charge is 2.15. The smallest absolute Gasteiger partial charge is 0.340 e. The summed E-state index contributed by atoms with van der Waals surface area (Å²) in [4.78, 5) is 11.7. The van der Waals surface area contributed by atoms with Crippen LogP contribution >= 0.6 is 0 Å². The molecule has 18 heavy (non-hydrogen) atoms. The Bertz CT molecular complexity index is 548. The third-order valence-electron chi connectivity index (χ3n) is 2.69. The summed E-state index contributed by atoms with van der Waals surface area (Å²) < 4.78 is 10.5. The number of rotatable bonds is 4. The summed E-state index contributed by atoms with van der Waals surface area (Å²) in [6.45, 7) is 4.03. The number of benzene rings is 2. The molecule has 0 aliphatic rings. The quantitative estimate of drug-likeness (QED) is 0.612. The van der Waals surface area contributed by atoms with E-state index in [2.05, 4.69) is 0 Å². The molecule has 0 heterocycles. The maximum atomic E-state index is 11.7. The van der Waals surface area contributed by atoms with Crippen molar-refractivity contribution in [2.24, 2.45) is 0 Å². The molecule has 0 aliphatic heterocycles. The second kappa shape index (κ2) is 5.65. The van der Waals surface area contributed by atoms with Crippen molar-refractivity contribution < 1.29 is 14.3 Å². The van der Waals surface area contributed by atoms with E-state index in [1.54, 1.807) is 13.0 Å². The van der Waals surface area contributed by atoms with Gasteiger partial charge in [0.25, 0.3) is 0 Å². The zero-order valence-electron chi connectivity index (χ0n) is 10.6. The monoisotopic (exact) mass is 244 g/mol. The van der Waals surface area contributed by atoms with E-state index < -0.39 is 6.10 Å². The fraction of sp³-hybridized carbons (Fsp3) is 0.267. The summed E-state index contributed by atoms with van der Waals surface area (Å²) in [5.74, 6) is 0.178. The normalized spacial score (nSPS) is 12.3. The second-order valence-corrected chi connectivity index (χ2v) is 4.03. The fourth-order valence-corrected chi connectivity index (χ4v) is 1.75. The summed E-state index contributed by atoms with van der Waals surface area (Å²) in [6, 6.07) is 13.5. The van der Waals surface area contributed by atoms with Crippen molar-refractivity contribution in [1.29, 1.82) is 0 Å². The van der Waals surface area contributed by atoms with Gasteiger partial charge in [-0.3, -0.25) is 0 Å². The molecular weight excluding hydrogens is 228 g/mol. The van der Waals surface area contributed by atoms with E-state index in [1.807, 2.05) is 43.3 Å². The number of esters is 1. The minimum Gasteiger partial charge on any atom is -0.425 e. The van der Waals surface area contributed by atoms with Crippen molar-refractivity contribution in [3.8, 4) is 5.75 Å². The van der Waals surface area contributed by atoms with Gasteiger partial charge < -0.3 is 9.47 Å². The third-order valence-corrected chi connectivity index (χ3v) is 2.69. The van der Waals surface area contributed by atoms with Gasteiger partial charge in [-0.15, -0.1) is 0 Å². The van der Waals surface area contributed by atoms with E-state index >= 15 is 0 Å². The van der Waals surface area contributed by atoms with Gasteiger partial charge in [0, 0.05) is 6.61 Å². The van der Waals surface area contributed by atoms with Crippen LogP contribution in [0.4, 0.5) is 0 Å². The van der Waals surface area contributed by atoms with Crippen LogP contribution in [0.5, 0.6) is 5.75 Å². The first-order chi connectivity index (χ1) is 8.70. The molecule has 2 rings (SSSR count). The molecule has 0 radical (unpaired) electrons. The standard InChI is InChI=1S/C15H16O3/c1-3-17-11(2)15(16)18-14-9-8-12-6-4-5-7-13(12)10-14/h4-11H,3H2,1-2H3. The average molecular weight is 244 g/mol. The molecule has 0 fully saturated rings. The number of hydrogen-bond donors (Lipinski definition) is 0. The molecule has 0 bridgehead atoms. The first kappa shape index (κ1) is 12.6. The highest BCUT2D eigenvalue weighted by Crippen LogP contribution is 2.20. The number of carbonyl (C=O) groups is 1. The molecular formula is C15H16O3. The molecule has 1 atom stereocenters. The SMILES string of the molecule is CCOC(C)C(=O)Oc1ccc2ccccc2c1. The van der Waals surface area contributed by atoms with Gasteiger partial charge >= 0.3 is 5.97 Å². The van der Waals surface area contributed by atoms with Gasteiger partial charge in [-0.1, -0.05) is 30.3 Å². The van der Waals surface area contributed by atoms with E-state index in [0.29, 0.717) is 12.4 Å². The Labute approximate surface area is 106 Å². The van der Waals surface area contributed by atoms with E-state index in [1.165, 1.54) is 0 Å². The number of fused-ring (bicyclic) bond motifs is 1. The zero-order chi connectivity index (χ0) is 13.0. The maximum absolute atomic E-state index is 11.7. The highest BCUT2D eigenvalue weighted by molar-refractivity contribution is 5.85. The van der Waals surface area contributed by atoms with Crippen LogP contribution in [0.3, 0.4) is 0 Å². The lowest BCUT2D eigenvalue weighted by Crippen LogP contribution is -2.25. The Kier molecular flexibility index (Phi) is 3.95. The molecule has 0 spiro atoms. The van der Waals surface area contributed by atoms with Crippen molar-refractivity contribution in [1.82, 2.24) is 0 Å². The molecule has 1 unspecified atom stereocenters. The number of carbonyl (C=O) groups excluding carboxylic acids is 1. The molecule has 2 aromatic carbocycles. The van der Waals surface area contributed by atoms with Crippen molar-refractivity contribution in [3.63, 3.8) is 0 Å². The number of ether oxygens (including phenoxy) is 2. The molecule has 3 heteroatoms. The van der Waals surface area contributed by atoms with Crippen molar-refractivity contribution >= 4 is 16.7 Å². The summed E-state index contributed by atoms with van der Waals surface area (Å²) in [5.41, 5.74) is 0. The first-order valence-electron chi connectivity index (χ1n) is 6.03. The summed E-state index contributed by atoms with van der Waals surface area (Å²) in [7, 11) is 0. The molecule has 0 aromatic heterocycles. The van der Waals surface area contributed by atoms with Gasteiger partial charge in [-0.05, 0) is 36.8 Å². The van der Waals surface area contributed by atoms with Gasteiger partial charge in [0.15, 0.2) is 6.10 Å². The molecule has 0 saturated carbocycles. The van der Waals surface area contributed by atoms with Gasteiger partial charge in [-0.25, -0.2) is 4.79 Å². The van der Waals surface area contributed by atoms with Gasteiger partial charge in [-0.2, -0.15) is 0 Å². The minimum absolute atomic E-state index is 0.368. The van der Waals surface area contributed by atoms with Crippen LogP contribution in [0.15, 0.2) is 42.5 Å². The van der Waals surface area contributed by atoms with E-state index in [9.17, 15) is 4.79 Å². The molecule has 3 nitrogen and oxygen atoms in total. The Morgan fingerprint density at radius 3 is 2.61 bits per heavy atom. The fourth-order valence-electron chi connectivity index (χ4n) is 1.75. The van der Waals surface area contributed by atoms with Crippen LogP contribution in [0.1, 0.15) is 13.8 Å². The molecule has 0 aliphatic carbocycles. The average Bonchev–Trinajstić information content (AvgIpc) is 2.39. The largest absolute Gasteiger partial charge is 0.425 e. The molecule has 0 amide bonds. The van der Waals surface area contributed by atoms with Gasteiger partial charge in [0.1, 0.15) is 5.75 Å². The minimum atomic E-state index is -0.540. The van der Waals surface area contributed by atoms with Crippen molar-refractivity contribution in [2.45, 2.75) is 20.0 Å². The summed E-state index contributed by atoms with van der Waals surface area (Å²) in [5, 5.41) is 2.17. The number of hydrogen-bond acceptors (Lipinski definition) is 3. The predicted octanol–water partition coefficient (Wildman–Crippen LogP) is 3.17. The summed E-state index contributed by atoms with van der Waals surface area (Å²) >= 11 is 0. The van der Waals surface area contributed by atoms with E-state index in [4.69, 9.17) is 9.47 Å². The first-order valence-corrected chi connectivity index (χ1v) is 6.03. The lowest BCUT2D eigenvalue weighted by Gasteiger charge is -2.11. The summed E-state index contributed by atoms with van der Waals surface area (Å²) in [6.07, 6.45) is -0.540. The molecule has 0 N–H and O–H groups in total. The second-order valence-electron chi connectivity index (χ2n) is 4.03. The van der Waals surface area contributed by atoms with Crippen molar-refractivity contribution in [2.75, 3.05) is 6.61 Å². The van der Waals surface area contributed by atoms with Crippen LogP contribution in [-0.2, 0) is 9.53 Å². The predicted molar refractivity (Wildman–Crippen MR) is 70.7 cm³/mol. The lowest BCUT2D eigenvalue weighted by molar-refractivity contribution is -0.145.